The van der Waals surface area contributed by atoms with Crippen molar-refractivity contribution in [2.75, 3.05) is 4.90 Å². The molecule has 0 saturated carbocycles. The molecule has 0 bridgehead atoms. The highest BCUT2D eigenvalue weighted by atomic mass is 35.5. The van der Waals surface area contributed by atoms with E-state index in [9.17, 15) is 14.0 Å². The number of carbonyl (C=O) groups excluding carboxylic acids is 2. The van der Waals surface area contributed by atoms with E-state index in [0.717, 1.165) is 4.90 Å². The Morgan fingerprint density at radius 1 is 1.04 bits per heavy atom. The Balaban J connectivity index is 1.73. The molecule has 1 saturated heterocycles. The molecule has 1 fully saturated rings. The molecule has 4 rings (SSSR count). The van der Waals surface area contributed by atoms with Crippen molar-refractivity contribution >= 4 is 46.4 Å². The van der Waals surface area contributed by atoms with E-state index in [1.54, 1.807) is 6.07 Å². The van der Waals surface area contributed by atoms with Gasteiger partial charge in [-0.2, -0.15) is 0 Å². The lowest BCUT2D eigenvalue weighted by Gasteiger charge is -2.17. The number of oxime groups is 1. The van der Waals surface area contributed by atoms with Crippen LogP contribution in [0.2, 0.25) is 10.0 Å². The van der Waals surface area contributed by atoms with Gasteiger partial charge in [0.15, 0.2) is 0 Å². The van der Waals surface area contributed by atoms with Crippen LogP contribution < -0.4 is 4.90 Å². The van der Waals surface area contributed by atoms with Gasteiger partial charge in [-0.25, -0.2) is 9.29 Å². The highest BCUT2D eigenvalue weighted by Gasteiger charge is 2.56. The molecule has 0 aliphatic carbocycles. The van der Waals surface area contributed by atoms with Crippen LogP contribution >= 0.6 is 23.2 Å². The predicted octanol–water partition coefficient (Wildman–Crippen LogP) is 3.43. The highest BCUT2D eigenvalue weighted by Crippen LogP contribution is 2.38. The quantitative estimate of drug-likeness (QED) is 0.752. The van der Waals surface area contributed by atoms with Crippen molar-refractivity contribution in [3.8, 4) is 0 Å². The molecule has 0 spiro atoms. The molecule has 25 heavy (non-hydrogen) atoms. The molecule has 2 heterocycles. The Morgan fingerprint density at radius 3 is 2.48 bits per heavy atom. The molecule has 0 unspecified atom stereocenters. The van der Waals surface area contributed by atoms with E-state index in [4.69, 9.17) is 28.0 Å². The maximum Gasteiger partial charge on any atom is 0.279 e. The number of halogens is 3. The first-order valence-electron chi connectivity index (χ1n) is 7.30. The van der Waals surface area contributed by atoms with Gasteiger partial charge in [-0.3, -0.25) is 9.59 Å². The first-order valence-corrected chi connectivity index (χ1v) is 8.05. The summed E-state index contributed by atoms with van der Waals surface area (Å²) >= 11 is 12.1. The number of imide groups is 1. The SMILES string of the molecule is O=C1[C@@H]2C(c3ccc(F)cc3)=NO[C@H]2C(=O)N1c1cc(Cl)ccc1Cl. The lowest BCUT2D eigenvalue weighted by atomic mass is 9.94. The van der Waals surface area contributed by atoms with E-state index < -0.39 is 29.7 Å². The number of amides is 2. The lowest BCUT2D eigenvalue weighted by Crippen LogP contribution is -2.33. The Morgan fingerprint density at radius 2 is 1.76 bits per heavy atom. The zero-order chi connectivity index (χ0) is 17.7. The van der Waals surface area contributed by atoms with Crippen molar-refractivity contribution in [2.24, 2.45) is 11.1 Å². The molecule has 2 aliphatic rings. The molecule has 0 N–H and O–H groups in total. The number of nitrogens with zero attached hydrogens (tertiary/aromatic N) is 2. The second-order valence-corrected chi connectivity index (χ2v) is 6.44. The molecule has 0 radical (unpaired) electrons. The minimum absolute atomic E-state index is 0.195. The molecule has 2 aromatic rings. The van der Waals surface area contributed by atoms with Crippen LogP contribution in [0.15, 0.2) is 47.6 Å². The van der Waals surface area contributed by atoms with Gasteiger partial charge in [0.25, 0.3) is 5.91 Å². The van der Waals surface area contributed by atoms with Crippen molar-refractivity contribution in [3.63, 3.8) is 0 Å². The fourth-order valence-electron chi connectivity index (χ4n) is 2.93. The summed E-state index contributed by atoms with van der Waals surface area (Å²) in [6.07, 6.45) is -1.07. The van der Waals surface area contributed by atoms with Gasteiger partial charge >= 0.3 is 0 Å². The van der Waals surface area contributed by atoms with E-state index in [-0.39, 0.29) is 16.4 Å². The standard InChI is InChI=1S/C17H9Cl2FN2O3/c18-9-3-6-11(19)12(7-9)22-16(23)13-14(21-25-15(13)17(22)24)8-1-4-10(20)5-2-8/h1-7,13,15H/t13-,15-/m1/s1. The summed E-state index contributed by atoms with van der Waals surface area (Å²) in [6.45, 7) is 0. The van der Waals surface area contributed by atoms with Crippen molar-refractivity contribution in [3.05, 3.63) is 63.9 Å². The molecular weight excluding hydrogens is 370 g/mol. The van der Waals surface area contributed by atoms with Crippen LogP contribution in [0.1, 0.15) is 5.56 Å². The van der Waals surface area contributed by atoms with Crippen LogP contribution in [-0.4, -0.2) is 23.6 Å². The van der Waals surface area contributed by atoms with E-state index in [2.05, 4.69) is 5.16 Å². The zero-order valence-corrected chi connectivity index (χ0v) is 14.0. The average molecular weight is 379 g/mol. The third-order valence-electron chi connectivity index (χ3n) is 4.10. The van der Waals surface area contributed by atoms with Gasteiger partial charge in [-0.05, 0) is 30.3 Å². The molecule has 5 nitrogen and oxygen atoms in total. The average Bonchev–Trinajstić information content (AvgIpc) is 3.12. The van der Waals surface area contributed by atoms with Crippen LogP contribution in [-0.2, 0) is 14.4 Å². The molecule has 8 heteroatoms. The Bertz CT molecular complexity index is 930. The first kappa shape index (κ1) is 16.1. The number of rotatable bonds is 2. The number of carbonyl (C=O) groups is 2. The van der Waals surface area contributed by atoms with Gasteiger partial charge < -0.3 is 4.84 Å². The summed E-state index contributed by atoms with van der Waals surface area (Å²) in [4.78, 5) is 31.7. The normalized spacial score (nSPS) is 22.0. The van der Waals surface area contributed by atoms with Crippen LogP contribution in [0.4, 0.5) is 10.1 Å². The van der Waals surface area contributed by atoms with Crippen LogP contribution in [0.5, 0.6) is 0 Å². The molecule has 2 atom stereocenters. The largest absolute Gasteiger partial charge is 0.381 e. The van der Waals surface area contributed by atoms with Crippen LogP contribution in [0, 0.1) is 11.7 Å². The van der Waals surface area contributed by atoms with Gasteiger partial charge in [-0.15, -0.1) is 0 Å². The molecule has 2 amide bonds. The zero-order valence-electron chi connectivity index (χ0n) is 12.4. The molecule has 2 aliphatic heterocycles. The minimum atomic E-state index is -1.07. The highest BCUT2D eigenvalue weighted by molar-refractivity contribution is 6.39. The van der Waals surface area contributed by atoms with Crippen molar-refractivity contribution < 1.29 is 18.8 Å². The smallest absolute Gasteiger partial charge is 0.279 e. The Hall–Kier alpha value is -2.44. The second kappa shape index (κ2) is 5.82. The summed E-state index contributed by atoms with van der Waals surface area (Å²) in [5, 5.41) is 4.41. The van der Waals surface area contributed by atoms with E-state index in [1.807, 2.05) is 0 Å². The summed E-state index contributed by atoms with van der Waals surface area (Å²) < 4.78 is 13.1. The third kappa shape index (κ3) is 2.49. The minimum Gasteiger partial charge on any atom is -0.381 e. The van der Waals surface area contributed by atoms with E-state index in [0.29, 0.717) is 10.6 Å². The fraction of sp³-hybridized carbons (Fsp3) is 0.118. The van der Waals surface area contributed by atoms with Gasteiger partial charge in [0, 0.05) is 10.6 Å². The Labute approximate surface area is 151 Å². The second-order valence-electron chi connectivity index (χ2n) is 5.59. The number of anilines is 1. The fourth-order valence-corrected chi connectivity index (χ4v) is 3.30. The summed E-state index contributed by atoms with van der Waals surface area (Å²) in [7, 11) is 0. The van der Waals surface area contributed by atoms with Gasteiger partial charge in [0.2, 0.25) is 12.0 Å². The Kier molecular flexibility index (Phi) is 3.74. The van der Waals surface area contributed by atoms with E-state index in [1.165, 1.54) is 36.4 Å². The third-order valence-corrected chi connectivity index (χ3v) is 4.66. The summed E-state index contributed by atoms with van der Waals surface area (Å²) in [6, 6.07) is 9.95. The van der Waals surface area contributed by atoms with Gasteiger partial charge in [-0.1, -0.05) is 40.5 Å². The number of hydrogen-bond donors (Lipinski definition) is 0. The van der Waals surface area contributed by atoms with E-state index >= 15 is 0 Å². The van der Waals surface area contributed by atoms with Crippen molar-refractivity contribution in [1.29, 1.82) is 0 Å². The molecule has 0 aromatic heterocycles. The number of fused-ring (bicyclic) bond motifs is 1. The summed E-state index contributed by atoms with van der Waals surface area (Å²) in [5.41, 5.74) is 0.985. The number of benzene rings is 2. The molecule has 126 valence electrons. The maximum absolute atomic E-state index is 13.1. The summed E-state index contributed by atoms with van der Waals surface area (Å²) in [5.74, 6) is -2.41. The molecular formula is C17H9Cl2FN2O3. The maximum atomic E-state index is 13.1. The number of hydrogen-bond acceptors (Lipinski definition) is 4. The monoisotopic (exact) mass is 378 g/mol. The van der Waals surface area contributed by atoms with Crippen molar-refractivity contribution in [1.82, 2.24) is 0 Å². The van der Waals surface area contributed by atoms with Crippen molar-refractivity contribution in [2.45, 2.75) is 6.10 Å². The first-order chi connectivity index (χ1) is 12.0. The van der Waals surface area contributed by atoms with Crippen LogP contribution in [0.3, 0.4) is 0 Å². The topological polar surface area (TPSA) is 59.0 Å². The van der Waals surface area contributed by atoms with Gasteiger partial charge in [0.1, 0.15) is 17.4 Å². The van der Waals surface area contributed by atoms with Crippen LogP contribution in [0.25, 0.3) is 0 Å². The predicted molar refractivity (Wildman–Crippen MR) is 90.3 cm³/mol. The lowest BCUT2D eigenvalue weighted by molar-refractivity contribution is -0.126. The molecule has 2 aromatic carbocycles. The van der Waals surface area contributed by atoms with Gasteiger partial charge in [0.05, 0.1) is 10.7 Å².